The predicted molar refractivity (Wildman–Crippen MR) is 77.4 cm³/mol. The molecule has 1 aliphatic rings. The standard InChI is InChI=1S/C13H13NO4S.Na.H/c1-9(15)18-14-8-7-11(12(14)16)19-13(17)10-5-3-2-4-6-10;;/h2-6,11H,7-8H2,1H3;;. The average Bonchev–Trinajstić information content (AvgIpc) is 2.72. The van der Waals surface area contributed by atoms with Crippen LogP contribution < -0.4 is 0 Å². The molecule has 1 heterocycles. The van der Waals surface area contributed by atoms with Crippen molar-refractivity contribution in [3.63, 3.8) is 0 Å². The summed E-state index contributed by atoms with van der Waals surface area (Å²) in [5.74, 6) is -0.863. The zero-order valence-corrected chi connectivity index (χ0v) is 11.2. The van der Waals surface area contributed by atoms with Crippen molar-refractivity contribution in [2.45, 2.75) is 18.6 Å². The molecular weight excluding hydrogens is 289 g/mol. The first-order valence-corrected chi connectivity index (χ1v) is 6.72. The van der Waals surface area contributed by atoms with E-state index < -0.39 is 11.2 Å². The van der Waals surface area contributed by atoms with Gasteiger partial charge in [0.05, 0.1) is 11.8 Å². The van der Waals surface area contributed by atoms with Crippen molar-refractivity contribution in [1.29, 1.82) is 0 Å². The molecule has 1 fully saturated rings. The normalized spacial score (nSPS) is 17.6. The van der Waals surface area contributed by atoms with Gasteiger partial charge in [-0.25, -0.2) is 0 Å². The van der Waals surface area contributed by atoms with E-state index in [1.807, 2.05) is 6.07 Å². The van der Waals surface area contributed by atoms with Crippen molar-refractivity contribution in [1.82, 2.24) is 5.06 Å². The minimum atomic E-state index is -0.534. The van der Waals surface area contributed by atoms with Gasteiger partial charge in [-0.1, -0.05) is 42.1 Å². The molecule has 102 valence electrons. The third-order valence-electron chi connectivity index (χ3n) is 2.61. The summed E-state index contributed by atoms with van der Waals surface area (Å²) in [5.41, 5.74) is 0.561. The van der Waals surface area contributed by atoms with Crippen LogP contribution in [0.1, 0.15) is 23.7 Å². The number of benzene rings is 1. The topological polar surface area (TPSA) is 63.7 Å². The van der Waals surface area contributed by atoms with Gasteiger partial charge < -0.3 is 4.84 Å². The molecule has 1 saturated heterocycles. The second kappa shape index (κ2) is 7.83. The van der Waals surface area contributed by atoms with Gasteiger partial charge in [0.2, 0.25) is 5.12 Å². The number of nitrogens with zero attached hydrogens (tertiary/aromatic N) is 1. The van der Waals surface area contributed by atoms with Crippen LogP contribution in [0.2, 0.25) is 0 Å². The molecule has 0 radical (unpaired) electrons. The van der Waals surface area contributed by atoms with Crippen LogP contribution >= 0.6 is 11.8 Å². The Bertz CT molecular complexity index is 508. The number of hydroxylamine groups is 2. The molecule has 0 bridgehead atoms. The molecule has 1 aromatic carbocycles. The molecule has 1 aliphatic heterocycles. The molecule has 1 aromatic rings. The van der Waals surface area contributed by atoms with E-state index in [1.54, 1.807) is 24.3 Å². The predicted octanol–water partition coefficient (Wildman–Crippen LogP) is 0.990. The summed E-state index contributed by atoms with van der Waals surface area (Å²) in [7, 11) is 0. The summed E-state index contributed by atoms with van der Waals surface area (Å²) >= 11 is 0.978. The van der Waals surface area contributed by atoms with Gasteiger partial charge in [-0.05, 0) is 6.42 Å². The van der Waals surface area contributed by atoms with E-state index in [1.165, 1.54) is 6.92 Å². The summed E-state index contributed by atoms with van der Waals surface area (Å²) in [5, 5.41) is 0.397. The van der Waals surface area contributed by atoms with Gasteiger partial charge in [-0.3, -0.25) is 14.4 Å². The number of amides is 1. The van der Waals surface area contributed by atoms with E-state index in [0.29, 0.717) is 18.5 Å². The van der Waals surface area contributed by atoms with Crippen LogP contribution in [0.4, 0.5) is 0 Å². The number of hydrogen-bond donors (Lipinski definition) is 0. The first-order chi connectivity index (χ1) is 9.08. The first kappa shape index (κ1) is 17.2. The molecule has 0 N–H and O–H groups in total. The van der Waals surface area contributed by atoms with Gasteiger partial charge in [-0.2, -0.15) is 5.06 Å². The molecular formula is C13H14NNaO4S. The summed E-state index contributed by atoms with van der Waals surface area (Å²) in [6.07, 6.45) is 0.495. The van der Waals surface area contributed by atoms with Gasteiger partial charge in [0.15, 0.2) is 0 Å². The van der Waals surface area contributed by atoms with Crippen LogP contribution in [0.3, 0.4) is 0 Å². The van der Waals surface area contributed by atoms with Crippen molar-refractivity contribution in [3.05, 3.63) is 35.9 Å². The van der Waals surface area contributed by atoms with E-state index in [9.17, 15) is 14.4 Å². The molecule has 0 saturated carbocycles. The summed E-state index contributed by atoms with van der Waals surface area (Å²) in [6.45, 7) is 1.57. The van der Waals surface area contributed by atoms with E-state index in [4.69, 9.17) is 4.84 Å². The van der Waals surface area contributed by atoms with Crippen molar-refractivity contribution >= 4 is 58.3 Å². The molecule has 2 rings (SSSR count). The van der Waals surface area contributed by atoms with Crippen LogP contribution in [0.5, 0.6) is 0 Å². The Labute approximate surface area is 143 Å². The van der Waals surface area contributed by atoms with E-state index in [0.717, 1.165) is 16.8 Å². The fourth-order valence-corrected chi connectivity index (χ4v) is 2.73. The number of carbonyl (C=O) groups is 3. The fraction of sp³-hybridized carbons (Fsp3) is 0.308. The summed E-state index contributed by atoms with van der Waals surface area (Å²) in [4.78, 5) is 39.4. The van der Waals surface area contributed by atoms with Gasteiger partial charge in [-0.15, -0.1) is 0 Å². The van der Waals surface area contributed by atoms with Crippen molar-refractivity contribution in [2.24, 2.45) is 0 Å². The molecule has 0 aromatic heterocycles. The second-order valence-corrected chi connectivity index (χ2v) is 5.25. The van der Waals surface area contributed by atoms with Crippen LogP contribution in [-0.4, -0.2) is 63.4 Å². The number of carbonyl (C=O) groups excluding carboxylic acids is 3. The SMILES string of the molecule is CC(=O)ON1CCC(SC(=O)c2ccccc2)C1=O.[NaH]. The summed E-state index contributed by atoms with van der Waals surface area (Å²) in [6, 6.07) is 8.78. The van der Waals surface area contributed by atoms with Gasteiger partial charge in [0.25, 0.3) is 5.91 Å². The van der Waals surface area contributed by atoms with E-state index in [-0.39, 0.29) is 40.6 Å². The van der Waals surface area contributed by atoms with Crippen molar-refractivity contribution < 1.29 is 19.2 Å². The minimum absolute atomic E-state index is 0. The van der Waals surface area contributed by atoms with Crippen LogP contribution in [-0.2, 0) is 14.4 Å². The third kappa shape index (κ3) is 4.34. The Hall–Kier alpha value is -0.820. The van der Waals surface area contributed by atoms with E-state index in [2.05, 4.69) is 0 Å². The maximum atomic E-state index is 12.0. The Balaban J connectivity index is 0.00000200. The second-order valence-electron chi connectivity index (χ2n) is 4.07. The molecule has 7 heteroatoms. The van der Waals surface area contributed by atoms with Crippen LogP contribution in [0.15, 0.2) is 30.3 Å². The van der Waals surface area contributed by atoms with Gasteiger partial charge >= 0.3 is 35.5 Å². The Morgan fingerprint density at radius 3 is 2.55 bits per heavy atom. The molecule has 0 aliphatic carbocycles. The summed E-state index contributed by atoms with van der Waals surface area (Å²) < 4.78 is 0. The monoisotopic (exact) mass is 303 g/mol. The fourth-order valence-electron chi connectivity index (χ4n) is 1.76. The van der Waals surface area contributed by atoms with Crippen molar-refractivity contribution in [3.8, 4) is 0 Å². The quantitative estimate of drug-likeness (QED) is 0.779. The number of thioether (sulfide) groups is 1. The number of rotatable bonds is 3. The molecule has 1 amide bonds. The van der Waals surface area contributed by atoms with E-state index >= 15 is 0 Å². The first-order valence-electron chi connectivity index (χ1n) is 5.84. The Morgan fingerprint density at radius 2 is 1.95 bits per heavy atom. The maximum absolute atomic E-state index is 12.0. The average molecular weight is 303 g/mol. The Kier molecular flexibility index (Phi) is 6.75. The molecule has 20 heavy (non-hydrogen) atoms. The van der Waals surface area contributed by atoms with Gasteiger partial charge in [0.1, 0.15) is 0 Å². The Morgan fingerprint density at radius 1 is 1.30 bits per heavy atom. The zero-order chi connectivity index (χ0) is 13.8. The zero-order valence-electron chi connectivity index (χ0n) is 10.4. The third-order valence-corrected chi connectivity index (χ3v) is 3.78. The van der Waals surface area contributed by atoms with Crippen LogP contribution in [0, 0.1) is 0 Å². The number of hydrogen-bond acceptors (Lipinski definition) is 5. The van der Waals surface area contributed by atoms with Crippen LogP contribution in [0.25, 0.3) is 0 Å². The molecule has 5 nitrogen and oxygen atoms in total. The molecule has 0 spiro atoms. The molecule has 1 unspecified atom stereocenters. The molecule has 1 atom stereocenters. The van der Waals surface area contributed by atoms with Gasteiger partial charge in [0, 0.05) is 12.5 Å². The van der Waals surface area contributed by atoms with Crippen molar-refractivity contribution in [2.75, 3.05) is 6.54 Å².